The first-order chi connectivity index (χ1) is 9.70. The highest BCUT2D eigenvalue weighted by molar-refractivity contribution is 9.10. The Hall–Kier alpha value is -1.24. The van der Waals surface area contributed by atoms with E-state index in [0.717, 1.165) is 11.1 Å². The highest BCUT2D eigenvalue weighted by Gasteiger charge is 2.20. The van der Waals surface area contributed by atoms with Crippen molar-refractivity contribution in [1.82, 2.24) is 0 Å². The largest absolute Gasteiger partial charge is 0.398 e. The molecule has 2 aromatic rings. The van der Waals surface area contributed by atoms with Gasteiger partial charge in [0.1, 0.15) is 4.90 Å². The SMILES string of the molecule is Cc1cc(C)c(NS(=O)(=O)c2ccc(Cl)cc2N)c(Br)c1. The zero-order valence-electron chi connectivity index (χ0n) is 11.4. The molecule has 0 fully saturated rings. The summed E-state index contributed by atoms with van der Waals surface area (Å²) >= 11 is 9.17. The first kappa shape index (κ1) is 16.1. The Labute approximate surface area is 137 Å². The minimum atomic E-state index is -3.78. The summed E-state index contributed by atoms with van der Waals surface area (Å²) in [5.41, 5.74) is 8.20. The molecule has 0 radical (unpaired) electrons. The fraction of sp³-hybridized carbons (Fsp3) is 0.143. The summed E-state index contributed by atoms with van der Waals surface area (Å²) < 4.78 is 28.2. The van der Waals surface area contributed by atoms with Crippen LogP contribution in [0.3, 0.4) is 0 Å². The van der Waals surface area contributed by atoms with Crippen LogP contribution in [0.2, 0.25) is 5.02 Å². The van der Waals surface area contributed by atoms with Crippen LogP contribution in [0.4, 0.5) is 11.4 Å². The number of anilines is 2. The molecule has 0 aliphatic rings. The minimum Gasteiger partial charge on any atom is -0.398 e. The minimum absolute atomic E-state index is 0.00113. The fourth-order valence-electron chi connectivity index (χ4n) is 2.00. The Bertz CT molecular complexity index is 784. The van der Waals surface area contributed by atoms with Gasteiger partial charge in [-0.2, -0.15) is 0 Å². The lowest BCUT2D eigenvalue weighted by Gasteiger charge is -2.14. The second kappa shape index (κ2) is 5.87. The zero-order valence-corrected chi connectivity index (χ0v) is 14.6. The quantitative estimate of drug-likeness (QED) is 0.776. The number of hydrogen-bond acceptors (Lipinski definition) is 3. The normalized spacial score (nSPS) is 11.4. The maximum absolute atomic E-state index is 12.5. The third-order valence-corrected chi connectivity index (χ3v) is 5.21. The van der Waals surface area contributed by atoms with Crippen molar-refractivity contribution in [3.8, 4) is 0 Å². The molecule has 2 aromatic carbocycles. The number of nitrogen functional groups attached to an aromatic ring is 1. The van der Waals surface area contributed by atoms with Crippen LogP contribution in [0.15, 0.2) is 39.7 Å². The van der Waals surface area contributed by atoms with Crippen molar-refractivity contribution < 1.29 is 8.42 Å². The lowest BCUT2D eigenvalue weighted by Crippen LogP contribution is -2.16. The molecule has 21 heavy (non-hydrogen) atoms. The van der Waals surface area contributed by atoms with Crippen LogP contribution in [0.1, 0.15) is 11.1 Å². The molecule has 0 saturated carbocycles. The van der Waals surface area contributed by atoms with Gasteiger partial charge in [-0.05, 0) is 65.2 Å². The molecule has 0 atom stereocenters. The van der Waals surface area contributed by atoms with Gasteiger partial charge in [-0.3, -0.25) is 4.72 Å². The topological polar surface area (TPSA) is 72.2 Å². The number of nitrogens with two attached hydrogens (primary N) is 1. The van der Waals surface area contributed by atoms with E-state index in [-0.39, 0.29) is 10.6 Å². The molecule has 2 rings (SSSR count). The second-order valence-electron chi connectivity index (χ2n) is 4.73. The highest BCUT2D eigenvalue weighted by atomic mass is 79.9. The van der Waals surface area contributed by atoms with Crippen LogP contribution in [0, 0.1) is 13.8 Å². The molecule has 0 aliphatic heterocycles. The third-order valence-electron chi connectivity index (χ3n) is 2.93. The predicted octanol–water partition coefficient (Wildman–Crippen LogP) is 4.10. The predicted molar refractivity (Wildman–Crippen MR) is 90.3 cm³/mol. The highest BCUT2D eigenvalue weighted by Crippen LogP contribution is 2.31. The van der Waals surface area contributed by atoms with Gasteiger partial charge >= 0.3 is 0 Å². The summed E-state index contributed by atoms with van der Waals surface area (Å²) in [5, 5.41) is 0.388. The van der Waals surface area contributed by atoms with Crippen molar-refractivity contribution in [2.75, 3.05) is 10.5 Å². The van der Waals surface area contributed by atoms with Gasteiger partial charge < -0.3 is 5.73 Å². The molecule has 0 unspecified atom stereocenters. The molecule has 0 bridgehead atoms. The van der Waals surface area contributed by atoms with E-state index in [1.165, 1.54) is 18.2 Å². The Kier molecular flexibility index (Phi) is 4.51. The second-order valence-corrected chi connectivity index (χ2v) is 7.67. The van der Waals surface area contributed by atoms with Gasteiger partial charge in [-0.1, -0.05) is 17.7 Å². The van der Waals surface area contributed by atoms with E-state index in [9.17, 15) is 8.42 Å². The van der Waals surface area contributed by atoms with Gasteiger partial charge in [0, 0.05) is 9.50 Å². The number of sulfonamides is 1. The number of hydrogen-bond donors (Lipinski definition) is 2. The van der Waals surface area contributed by atoms with E-state index in [0.29, 0.717) is 15.2 Å². The van der Waals surface area contributed by atoms with E-state index >= 15 is 0 Å². The van der Waals surface area contributed by atoms with Gasteiger partial charge in [0.05, 0.1) is 11.4 Å². The summed E-state index contributed by atoms with van der Waals surface area (Å²) in [5.74, 6) is 0. The molecule has 0 saturated heterocycles. The van der Waals surface area contributed by atoms with Crippen molar-refractivity contribution >= 4 is 48.9 Å². The van der Waals surface area contributed by atoms with Crippen molar-refractivity contribution in [3.63, 3.8) is 0 Å². The van der Waals surface area contributed by atoms with Crippen molar-refractivity contribution in [2.45, 2.75) is 18.7 Å². The van der Waals surface area contributed by atoms with Gasteiger partial charge in [0.2, 0.25) is 0 Å². The molecule has 0 spiro atoms. The fourth-order valence-corrected chi connectivity index (χ4v) is 4.35. The molecular formula is C14H14BrClN2O2S. The molecule has 112 valence electrons. The van der Waals surface area contributed by atoms with Crippen LogP contribution < -0.4 is 10.5 Å². The standard InChI is InChI=1S/C14H14BrClN2O2S/c1-8-5-9(2)14(11(15)6-8)18-21(19,20)13-4-3-10(16)7-12(13)17/h3-7,18H,17H2,1-2H3. The molecule has 3 N–H and O–H groups in total. The Morgan fingerprint density at radius 2 is 1.86 bits per heavy atom. The molecule has 0 aromatic heterocycles. The van der Waals surface area contributed by atoms with Crippen LogP contribution in [-0.2, 0) is 10.0 Å². The smallest absolute Gasteiger partial charge is 0.263 e. The Morgan fingerprint density at radius 3 is 2.43 bits per heavy atom. The van der Waals surface area contributed by atoms with Crippen LogP contribution >= 0.6 is 27.5 Å². The first-order valence-corrected chi connectivity index (χ1v) is 8.71. The average molecular weight is 390 g/mol. The van der Waals surface area contributed by atoms with Crippen LogP contribution in [0.5, 0.6) is 0 Å². The van der Waals surface area contributed by atoms with E-state index in [1.54, 1.807) is 0 Å². The monoisotopic (exact) mass is 388 g/mol. The van der Waals surface area contributed by atoms with E-state index in [2.05, 4.69) is 20.7 Å². The van der Waals surface area contributed by atoms with Gasteiger partial charge in [0.15, 0.2) is 0 Å². The molecule has 0 aliphatic carbocycles. The van der Waals surface area contributed by atoms with Crippen LogP contribution in [0.25, 0.3) is 0 Å². The average Bonchev–Trinajstić information content (AvgIpc) is 2.33. The van der Waals surface area contributed by atoms with E-state index < -0.39 is 10.0 Å². The Balaban J connectivity index is 2.47. The maximum atomic E-state index is 12.5. The molecule has 0 heterocycles. The summed E-state index contributed by atoms with van der Waals surface area (Å²) in [7, 11) is -3.78. The number of aryl methyl sites for hydroxylation is 2. The van der Waals surface area contributed by atoms with Crippen molar-refractivity contribution in [3.05, 3.63) is 51.0 Å². The zero-order chi connectivity index (χ0) is 15.8. The number of rotatable bonds is 3. The number of nitrogens with one attached hydrogen (secondary N) is 1. The Morgan fingerprint density at radius 1 is 1.19 bits per heavy atom. The summed E-state index contributed by atoms with van der Waals surface area (Å²) in [6, 6.07) is 8.03. The summed E-state index contributed by atoms with van der Waals surface area (Å²) in [6.45, 7) is 3.77. The van der Waals surface area contributed by atoms with Crippen molar-refractivity contribution in [2.24, 2.45) is 0 Å². The lowest BCUT2D eigenvalue weighted by molar-refractivity contribution is 0.601. The van der Waals surface area contributed by atoms with Crippen LogP contribution in [-0.4, -0.2) is 8.42 Å². The molecule has 0 amide bonds. The van der Waals surface area contributed by atoms with E-state index in [1.807, 2.05) is 26.0 Å². The molecular weight excluding hydrogens is 376 g/mol. The van der Waals surface area contributed by atoms with Gasteiger partial charge in [-0.15, -0.1) is 0 Å². The van der Waals surface area contributed by atoms with Gasteiger partial charge in [0.25, 0.3) is 10.0 Å². The molecule has 4 nitrogen and oxygen atoms in total. The van der Waals surface area contributed by atoms with Crippen molar-refractivity contribution in [1.29, 1.82) is 0 Å². The first-order valence-electron chi connectivity index (χ1n) is 6.05. The number of benzene rings is 2. The molecule has 7 heteroatoms. The van der Waals surface area contributed by atoms with Gasteiger partial charge in [-0.25, -0.2) is 8.42 Å². The third kappa shape index (κ3) is 3.51. The summed E-state index contributed by atoms with van der Waals surface area (Å²) in [4.78, 5) is -0.00113. The van der Waals surface area contributed by atoms with E-state index in [4.69, 9.17) is 17.3 Å². The lowest BCUT2D eigenvalue weighted by atomic mass is 10.1. The maximum Gasteiger partial charge on any atom is 0.263 e. The summed E-state index contributed by atoms with van der Waals surface area (Å²) in [6.07, 6.45) is 0. The number of halogens is 2.